The third kappa shape index (κ3) is 10.4. The van der Waals surface area contributed by atoms with Crippen LogP contribution in [0.15, 0.2) is 48.5 Å². The van der Waals surface area contributed by atoms with E-state index in [4.69, 9.17) is 4.74 Å². The van der Waals surface area contributed by atoms with Crippen LogP contribution in [0.1, 0.15) is 104 Å². The smallest absolute Gasteiger partial charge is 0.161 e. The number of hydrogen-bond donors (Lipinski definition) is 2. The van der Waals surface area contributed by atoms with Gasteiger partial charge in [-0.05, 0) is 60.8 Å². The molecule has 2 N–H and O–H groups in total. The number of aromatic hydroxyl groups is 2. The highest BCUT2D eigenvalue weighted by Crippen LogP contribution is 2.37. The molecule has 190 valence electrons. The van der Waals surface area contributed by atoms with Crippen LogP contribution in [0.5, 0.6) is 17.2 Å². The van der Waals surface area contributed by atoms with E-state index < -0.39 is 0 Å². The molecular formula is C31H48O3. The fourth-order valence-electron chi connectivity index (χ4n) is 4.65. The van der Waals surface area contributed by atoms with Gasteiger partial charge in [-0.3, -0.25) is 0 Å². The summed E-state index contributed by atoms with van der Waals surface area (Å²) in [6.07, 6.45) is 14.5. The van der Waals surface area contributed by atoms with Crippen molar-refractivity contribution in [2.45, 2.75) is 111 Å². The molecule has 0 spiro atoms. The summed E-state index contributed by atoms with van der Waals surface area (Å²) in [7, 11) is 0. The van der Waals surface area contributed by atoms with Crippen LogP contribution in [-0.4, -0.2) is 16.3 Å². The Labute approximate surface area is 208 Å². The number of rotatable bonds is 16. The second-order valence-corrected chi connectivity index (χ2v) is 11.0. The van der Waals surface area contributed by atoms with Gasteiger partial charge in [0.15, 0.2) is 11.5 Å². The maximum Gasteiger partial charge on any atom is 0.161 e. The molecule has 0 bridgehead atoms. The van der Waals surface area contributed by atoms with Gasteiger partial charge in [0.25, 0.3) is 0 Å². The molecule has 0 radical (unpaired) electrons. The molecule has 0 amide bonds. The van der Waals surface area contributed by atoms with Crippen molar-refractivity contribution in [1.82, 2.24) is 0 Å². The molecule has 0 heterocycles. The molecule has 0 aliphatic rings. The van der Waals surface area contributed by atoms with Crippen molar-refractivity contribution >= 4 is 0 Å². The van der Waals surface area contributed by atoms with Gasteiger partial charge in [-0.1, -0.05) is 109 Å². The zero-order chi connectivity index (χ0) is 24.8. The van der Waals surface area contributed by atoms with Crippen molar-refractivity contribution in [1.29, 1.82) is 0 Å². The van der Waals surface area contributed by atoms with E-state index in [1.807, 2.05) is 36.4 Å². The molecule has 2 unspecified atom stereocenters. The molecule has 2 aromatic carbocycles. The molecule has 3 nitrogen and oxygen atoms in total. The summed E-state index contributed by atoms with van der Waals surface area (Å²) < 4.78 is 6.40. The highest BCUT2D eigenvalue weighted by atomic mass is 16.5. The lowest BCUT2D eigenvalue weighted by atomic mass is 9.74. The molecule has 2 rings (SSSR count). The number of unbranched alkanes of at least 4 members (excludes halogenated alkanes) is 8. The Bertz CT molecular complexity index is 808. The average molecular weight is 469 g/mol. The fourth-order valence-corrected chi connectivity index (χ4v) is 4.65. The Kier molecular flexibility index (Phi) is 12.4. The first-order chi connectivity index (χ1) is 16.3. The number of benzene rings is 2. The van der Waals surface area contributed by atoms with Gasteiger partial charge in [-0.2, -0.15) is 0 Å². The Morgan fingerprint density at radius 2 is 1.29 bits per heavy atom. The lowest BCUT2D eigenvalue weighted by Crippen LogP contribution is -2.30. The normalized spacial score (nSPS) is 13.5. The first-order valence-electron chi connectivity index (χ1n) is 13.5. The lowest BCUT2D eigenvalue weighted by molar-refractivity contribution is 0.108. The zero-order valence-corrected chi connectivity index (χ0v) is 22.1. The van der Waals surface area contributed by atoms with Crippen LogP contribution < -0.4 is 4.74 Å². The molecule has 0 aliphatic heterocycles. The maximum absolute atomic E-state index is 10.4. The highest BCUT2D eigenvalue weighted by Gasteiger charge is 2.29. The number of phenols is 2. The van der Waals surface area contributed by atoms with Crippen LogP contribution in [0.4, 0.5) is 0 Å². The Morgan fingerprint density at radius 1 is 0.735 bits per heavy atom. The van der Waals surface area contributed by atoms with E-state index >= 15 is 0 Å². The minimum atomic E-state index is 0.0351. The van der Waals surface area contributed by atoms with Crippen molar-refractivity contribution in [2.75, 3.05) is 0 Å². The van der Waals surface area contributed by atoms with E-state index in [0.29, 0.717) is 17.4 Å². The summed E-state index contributed by atoms with van der Waals surface area (Å²) in [4.78, 5) is 0. The van der Waals surface area contributed by atoms with Gasteiger partial charge >= 0.3 is 0 Å². The maximum atomic E-state index is 10.4. The van der Waals surface area contributed by atoms with Crippen molar-refractivity contribution in [3.63, 3.8) is 0 Å². The van der Waals surface area contributed by atoms with Crippen LogP contribution in [0.2, 0.25) is 0 Å². The molecule has 2 atom stereocenters. The van der Waals surface area contributed by atoms with Crippen LogP contribution >= 0.6 is 0 Å². The average Bonchev–Trinajstić information content (AvgIpc) is 2.79. The minimum Gasteiger partial charge on any atom is -0.508 e. The van der Waals surface area contributed by atoms with E-state index in [9.17, 15) is 10.2 Å². The van der Waals surface area contributed by atoms with E-state index in [2.05, 4.69) is 27.7 Å². The summed E-state index contributed by atoms with van der Waals surface area (Å²) in [6.45, 7) is 9.08. The van der Waals surface area contributed by atoms with Gasteiger partial charge in [0.2, 0.25) is 0 Å². The molecule has 0 fully saturated rings. The van der Waals surface area contributed by atoms with Crippen LogP contribution in [0.25, 0.3) is 0 Å². The predicted molar refractivity (Wildman–Crippen MR) is 144 cm³/mol. The first kappa shape index (κ1) is 28.1. The van der Waals surface area contributed by atoms with Gasteiger partial charge < -0.3 is 14.9 Å². The second kappa shape index (κ2) is 15.0. The first-order valence-corrected chi connectivity index (χ1v) is 13.5. The largest absolute Gasteiger partial charge is 0.508 e. The quantitative estimate of drug-likeness (QED) is 0.242. The third-order valence-electron chi connectivity index (χ3n) is 7.02. The second-order valence-electron chi connectivity index (χ2n) is 11.0. The van der Waals surface area contributed by atoms with E-state index in [-0.39, 0.29) is 17.3 Å². The minimum absolute atomic E-state index is 0.0351. The summed E-state index contributed by atoms with van der Waals surface area (Å²) in [6, 6.07) is 14.9. The number of hydrogen-bond acceptors (Lipinski definition) is 3. The van der Waals surface area contributed by atoms with Crippen molar-refractivity contribution in [2.24, 2.45) is 11.3 Å². The van der Waals surface area contributed by atoms with Crippen molar-refractivity contribution < 1.29 is 14.9 Å². The van der Waals surface area contributed by atoms with Crippen molar-refractivity contribution in [3.8, 4) is 17.2 Å². The predicted octanol–water partition coefficient (Wildman–Crippen LogP) is 9.06. The molecule has 3 heteroatoms. The number of para-hydroxylation sites is 3. The molecule has 34 heavy (non-hydrogen) atoms. The molecule has 0 aliphatic carbocycles. The van der Waals surface area contributed by atoms with Gasteiger partial charge in [0, 0.05) is 0 Å². The lowest BCUT2D eigenvalue weighted by Gasteiger charge is -2.34. The van der Waals surface area contributed by atoms with E-state index in [1.165, 1.54) is 51.4 Å². The highest BCUT2D eigenvalue weighted by molar-refractivity contribution is 5.38. The Hall–Kier alpha value is -2.16. The van der Waals surface area contributed by atoms with Gasteiger partial charge in [0.1, 0.15) is 5.75 Å². The van der Waals surface area contributed by atoms with Crippen LogP contribution in [0.3, 0.4) is 0 Å². The van der Waals surface area contributed by atoms with Gasteiger partial charge in [-0.15, -0.1) is 0 Å². The number of phenolic OH excluding ortho intramolecular Hbond substituents is 2. The van der Waals surface area contributed by atoms with E-state index in [0.717, 1.165) is 31.2 Å². The molecule has 0 saturated carbocycles. The fraction of sp³-hybridized carbons (Fsp3) is 0.613. The topological polar surface area (TPSA) is 49.7 Å². The molecule has 0 saturated heterocycles. The number of ether oxygens (including phenoxy) is 1. The van der Waals surface area contributed by atoms with Gasteiger partial charge in [0.05, 0.1) is 6.10 Å². The summed E-state index contributed by atoms with van der Waals surface area (Å²) in [5.74, 6) is 1.48. The zero-order valence-electron chi connectivity index (χ0n) is 22.1. The molecule has 0 aromatic heterocycles. The van der Waals surface area contributed by atoms with E-state index in [1.54, 1.807) is 12.1 Å². The third-order valence-corrected chi connectivity index (χ3v) is 7.02. The summed E-state index contributed by atoms with van der Waals surface area (Å²) >= 11 is 0. The Morgan fingerprint density at radius 3 is 1.88 bits per heavy atom. The molecular weight excluding hydrogens is 420 g/mol. The van der Waals surface area contributed by atoms with Crippen LogP contribution in [-0.2, 0) is 6.42 Å². The molecule has 2 aromatic rings. The van der Waals surface area contributed by atoms with Gasteiger partial charge in [-0.25, -0.2) is 0 Å². The van der Waals surface area contributed by atoms with Crippen LogP contribution in [0, 0.1) is 11.3 Å². The summed E-state index contributed by atoms with van der Waals surface area (Å²) in [5, 5.41) is 20.7. The Balaban J connectivity index is 1.99. The summed E-state index contributed by atoms with van der Waals surface area (Å²) in [5.41, 5.74) is 1.06. The van der Waals surface area contributed by atoms with Crippen molar-refractivity contribution in [3.05, 3.63) is 54.1 Å². The SMILES string of the molecule is CCCCCCCCCCCC(CC(Cc1ccccc1O)C(C)(C)C)Oc1ccccc1O. The standard InChI is InChI=1S/C31H48O3/c1-5-6-7-8-9-10-11-12-13-19-27(34-30-22-17-16-21-29(30)33)24-26(31(2,3)4)23-25-18-14-15-20-28(25)32/h14-18,20-22,26-27,32-33H,5-13,19,23-24H2,1-4H3. The monoisotopic (exact) mass is 468 g/mol.